The molecule has 0 bridgehead atoms. The Balaban J connectivity index is 0.892. The Kier molecular flexibility index (Phi) is 12.7. The highest BCUT2D eigenvalue weighted by Gasteiger charge is 2.58. The lowest BCUT2D eigenvalue weighted by molar-refractivity contribution is -0.208. The summed E-state index contributed by atoms with van der Waals surface area (Å²) in [5.41, 5.74) is -0.572. The highest BCUT2D eigenvalue weighted by Crippen LogP contribution is 2.47. The highest BCUT2D eigenvalue weighted by atomic mass is 19.4. The fourth-order valence-electron chi connectivity index (χ4n) is 8.10. The maximum atomic E-state index is 16.4. The van der Waals surface area contributed by atoms with Gasteiger partial charge in [-0.1, -0.05) is 73.7 Å². The zero-order chi connectivity index (χ0) is 45.9. The smallest absolute Gasteiger partial charge is 0.377 e. The number of halogens is 6. The molecule has 8 rings (SSSR count). The van der Waals surface area contributed by atoms with Crippen LogP contribution in [0, 0.1) is 5.82 Å². The molecule has 65 heavy (non-hydrogen) atoms. The third-order valence-corrected chi connectivity index (χ3v) is 11.8. The SMILES string of the molecule is CCC(C(C)OCc1ccccc1)n1ncn(-c2ccc(N3CCN(c4ccc(-c5ccc(C(F)(F)C(O)(Cn6cnc(C(F)(F)F)n6)c6ccccc6F)nc5)cc4)CC3)cc2)c1=O. The fourth-order valence-corrected chi connectivity index (χ4v) is 8.10. The van der Waals surface area contributed by atoms with Crippen LogP contribution in [0.1, 0.15) is 49.0 Å². The van der Waals surface area contributed by atoms with E-state index in [1.807, 2.05) is 92.7 Å². The van der Waals surface area contributed by atoms with Crippen LogP contribution in [0.25, 0.3) is 16.8 Å². The van der Waals surface area contributed by atoms with Crippen molar-refractivity contribution in [2.24, 2.45) is 0 Å². The van der Waals surface area contributed by atoms with Gasteiger partial charge in [0.25, 0.3) is 5.82 Å². The van der Waals surface area contributed by atoms with Gasteiger partial charge in [0.05, 0.1) is 31.0 Å². The van der Waals surface area contributed by atoms with Gasteiger partial charge >= 0.3 is 17.8 Å². The molecule has 1 fully saturated rings. The number of aromatic nitrogens is 7. The lowest BCUT2D eigenvalue weighted by atomic mass is 9.84. The largest absolute Gasteiger partial charge is 0.453 e. The summed E-state index contributed by atoms with van der Waals surface area (Å²) in [7, 11) is 0. The Labute approximate surface area is 370 Å². The Morgan fingerprint density at radius 1 is 0.738 bits per heavy atom. The molecule has 12 nitrogen and oxygen atoms in total. The van der Waals surface area contributed by atoms with E-state index in [0.29, 0.717) is 40.9 Å². The number of benzene rings is 4. The van der Waals surface area contributed by atoms with Gasteiger partial charge in [-0.05, 0) is 73.0 Å². The Morgan fingerprint density at radius 3 is 1.92 bits per heavy atom. The zero-order valence-electron chi connectivity index (χ0n) is 35.4. The minimum absolute atomic E-state index is 0.238. The third-order valence-electron chi connectivity index (χ3n) is 11.8. The number of rotatable bonds is 15. The van der Waals surface area contributed by atoms with E-state index in [-0.39, 0.29) is 17.8 Å². The van der Waals surface area contributed by atoms with Crippen LogP contribution >= 0.6 is 0 Å². The van der Waals surface area contributed by atoms with Crippen LogP contribution in [0.5, 0.6) is 0 Å². The standard InChI is InChI=1S/C47H45F6N9O3/c1-3-41(32(2)65-28-33-9-5-4-6-10-33)62-44(63)61(31-56-62)38-20-18-37(19-21-38)59-25-23-58(24-26-59)36-16-13-34(14-17-36)35-15-22-42(54-27-35)46(49,50)45(64,39-11-7-8-12-40(39)48)29-60-30-55-43(57-60)47(51,52)53/h4-22,27,30-32,41,64H,3,23-26,28-29H2,1-2H3. The second-order valence-corrected chi connectivity index (χ2v) is 15.9. The summed E-state index contributed by atoms with van der Waals surface area (Å²) >= 11 is 0. The van der Waals surface area contributed by atoms with E-state index < -0.39 is 47.1 Å². The lowest BCUT2D eigenvalue weighted by Crippen LogP contribution is -2.48. The number of pyridine rings is 1. The number of piperazine rings is 1. The molecule has 1 saturated heterocycles. The molecule has 0 radical (unpaired) electrons. The number of hydrogen-bond donors (Lipinski definition) is 1. The van der Waals surface area contributed by atoms with Crippen molar-refractivity contribution in [3.8, 4) is 16.8 Å². The molecular formula is C47H45F6N9O3. The molecule has 0 spiro atoms. The van der Waals surface area contributed by atoms with Crippen LogP contribution in [-0.4, -0.2) is 71.5 Å². The molecule has 0 aliphatic carbocycles. The van der Waals surface area contributed by atoms with Gasteiger partial charge in [-0.2, -0.15) is 27.1 Å². The van der Waals surface area contributed by atoms with Gasteiger partial charge in [0, 0.05) is 54.9 Å². The minimum atomic E-state index is -4.97. The van der Waals surface area contributed by atoms with Gasteiger partial charge < -0.3 is 19.6 Å². The van der Waals surface area contributed by atoms with Gasteiger partial charge in [0.1, 0.15) is 24.2 Å². The van der Waals surface area contributed by atoms with Crippen molar-refractivity contribution in [2.75, 3.05) is 36.0 Å². The first-order chi connectivity index (χ1) is 31.2. The van der Waals surface area contributed by atoms with Crippen molar-refractivity contribution >= 4 is 11.4 Å². The third kappa shape index (κ3) is 9.26. The van der Waals surface area contributed by atoms with Gasteiger partial charge in [0.2, 0.25) is 0 Å². The topological polar surface area (TPSA) is 119 Å². The summed E-state index contributed by atoms with van der Waals surface area (Å²) < 4.78 is 96.8. The van der Waals surface area contributed by atoms with E-state index >= 15 is 8.78 Å². The molecule has 3 aromatic heterocycles. The van der Waals surface area contributed by atoms with Crippen molar-refractivity contribution < 1.29 is 36.2 Å². The maximum absolute atomic E-state index is 16.4. The predicted octanol–water partition coefficient (Wildman–Crippen LogP) is 8.41. The van der Waals surface area contributed by atoms with E-state index in [0.717, 1.165) is 61.3 Å². The second kappa shape index (κ2) is 18.4. The first-order valence-corrected chi connectivity index (χ1v) is 21.0. The number of hydrogen-bond acceptors (Lipinski definition) is 9. The first-order valence-electron chi connectivity index (χ1n) is 21.0. The van der Waals surface area contributed by atoms with Crippen molar-refractivity contribution in [1.82, 2.24) is 34.1 Å². The van der Waals surface area contributed by atoms with Gasteiger partial charge in [0.15, 0.2) is 5.60 Å². The van der Waals surface area contributed by atoms with Crippen LogP contribution in [-0.2, 0) is 35.6 Å². The summed E-state index contributed by atoms with van der Waals surface area (Å²) in [6, 6.07) is 31.5. The van der Waals surface area contributed by atoms with E-state index in [1.165, 1.54) is 33.6 Å². The van der Waals surface area contributed by atoms with Crippen LogP contribution in [0.3, 0.4) is 0 Å². The van der Waals surface area contributed by atoms with Crippen molar-refractivity contribution in [2.45, 2.75) is 63.3 Å². The maximum Gasteiger partial charge on any atom is 0.453 e. The molecule has 338 valence electrons. The van der Waals surface area contributed by atoms with Gasteiger partial charge in [-0.15, -0.1) is 5.10 Å². The molecule has 4 heterocycles. The highest BCUT2D eigenvalue weighted by molar-refractivity contribution is 5.66. The summed E-state index contributed by atoms with van der Waals surface area (Å²) in [5, 5.41) is 19.2. The number of anilines is 2. The Bertz CT molecular complexity index is 2740. The summed E-state index contributed by atoms with van der Waals surface area (Å²) in [6.07, 6.45) is -1.27. The fraction of sp³-hybridized carbons (Fsp3) is 0.298. The average molecular weight is 898 g/mol. The monoisotopic (exact) mass is 897 g/mol. The normalized spacial score (nSPS) is 15.5. The number of alkyl halides is 5. The minimum Gasteiger partial charge on any atom is -0.377 e. The number of aliphatic hydroxyl groups is 1. The first kappa shape index (κ1) is 44.8. The van der Waals surface area contributed by atoms with Crippen molar-refractivity contribution in [3.05, 3.63) is 173 Å². The van der Waals surface area contributed by atoms with Crippen LogP contribution in [0.2, 0.25) is 0 Å². The summed E-state index contributed by atoms with van der Waals surface area (Å²) in [4.78, 5) is 25.1. The van der Waals surface area contributed by atoms with E-state index in [9.17, 15) is 27.5 Å². The molecular weight excluding hydrogens is 853 g/mol. The molecule has 3 unspecified atom stereocenters. The van der Waals surface area contributed by atoms with Gasteiger partial charge in [-0.25, -0.2) is 28.1 Å². The molecule has 1 N–H and O–H groups in total. The van der Waals surface area contributed by atoms with Crippen LogP contribution in [0.4, 0.5) is 37.7 Å². The van der Waals surface area contributed by atoms with E-state index in [4.69, 9.17) is 4.74 Å². The number of ether oxygens (including phenoxy) is 1. The van der Waals surface area contributed by atoms with E-state index in [1.54, 1.807) is 6.33 Å². The number of nitrogens with zero attached hydrogens (tertiary/aromatic N) is 9. The molecule has 1 aliphatic rings. The molecule has 3 atom stereocenters. The summed E-state index contributed by atoms with van der Waals surface area (Å²) in [5.74, 6) is -7.12. The van der Waals surface area contributed by atoms with E-state index in [2.05, 4.69) is 30.0 Å². The van der Waals surface area contributed by atoms with Crippen LogP contribution in [0.15, 0.2) is 139 Å². The second-order valence-electron chi connectivity index (χ2n) is 15.9. The summed E-state index contributed by atoms with van der Waals surface area (Å²) in [6.45, 7) is 6.05. The van der Waals surface area contributed by atoms with Crippen molar-refractivity contribution in [1.29, 1.82) is 0 Å². The quantitative estimate of drug-likeness (QED) is 0.101. The lowest BCUT2D eigenvalue weighted by Gasteiger charge is -2.37. The molecule has 18 heteroatoms. The molecule has 7 aromatic rings. The zero-order valence-corrected chi connectivity index (χ0v) is 35.4. The van der Waals surface area contributed by atoms with Crippen molar-refractivity contribution in [3.63, 3.8) is 0 Å². The average Bonchev–Trinajstić information content (AvgIpc) is 3.96. The molecule has 4 aromatic carbocycles. The molecule has 1 aliphatic heterocycles. The predicted molar refractivity (Wildman–Crippen MR) is 231 cm³/mol. The van der Waals surface area contributed by atoms with Gasteiger partial charge in [-0.3, -0.25) is 4.98 Å². The molecule has 0 amide bonds. The Hall–Kier alpha value is -6.79. The molecule has 0 saturated carbocycles. The Morgan fingerprint density at radius 2 is 1.34 bits per heavy atom. The van der Waals surface area contributed by atoms with Crippen LogP contribution < -0.4 is 15.5 Å².